The van der Waals surface area contributed by atoms with E-state index in [1.165, 1.54) is 0 Å². The number of nitrogens with one attached hydrogen (secondary N) is 1. The van der Waals surface area contributed by atoms with Gasteiger partial charge in [0.1, 0.15) is 0 Å². The SMILES string of the molecule is CC(C)(C)n1cc(NC(=O)N2C[C@@H]3[C@@H](C2)[C@H]2C=C[C@H]3O2)cn1. The van der Waals surface area contributed by atoms with Gasteiger partial charge in [-0.15, -0.1) is 0 Å². The second-order valence-electron chi connectivity index (χ2n) is 7.46. The second-order valence-corrected chi connectivity index (χ2v) is 7.46. The number of hydrogen-bond donors (Lipinski definition) is 1. The molecule has 2 amide bonds. The van der Waals surface area contributed by atoms with E-state index in [4.69, 9.17) is 4.74 Å². The van der Waals surface area contributed by atoms with Crippen molar-refractivity contribution < 1.29 is 9.53 Å². The Morgan fingerprint density at radius 3 is 2.45 bits per heavy atom. The van der Waals surface area contributed by atoms with E-state index in [-0.39, 0.29) is 23.8 Å². The van der Waals surface area contributed by atoms with Gasteiger partial charge < -0.3 is 15.0 Å². The summed E-state index contributed by atoms with van der Waals surface area (Å²) in [6, 6.07) is -0.0396. The fourth-order valence-corrected chi connectivity index (χ4v) is 3.65. The van der Waals surface area contributed by atoms with E-state index >= 15 is 0 Å². The summed E-state index contributed by atoms with van der Waals surface area (Å²) in [6.45, 7) is 7.78. The van der Waals surface area contributed by atoms with Crippen molar-refractivity contribution in [2.24, 2.45) is 11.8 Å². The number of rotatable bonds is 1. The van der Waals surface area contributed by atoms with Crippen LogP contribution in [0.4, 0.5) is 10.5 Å². The second kappa shape index (κ2) is 4.59. The molecule has 1 aromatic heterocycles. The summed E-state index contributed by atoms with van der Waals surface area (Å²) < 4.78 is 7.70. The minimum atomic E-state index is -0.0875. The average Bonchev–Trinajstić information content (AvgIpc) is 3.19. The number of urea groups is 1. The zero-order chi connectivity index (χ0) is 15.5. The fourth-order valence-electron chi connectivity index (χ4n) is 3.65. The van der Waals surface area contributed by atoms with Crippen molar-refractivity contribution in [2.75, 3.05) is 18.4 Å². The topological polar surface area (TPSA) is 59.4 Å². The number of aromatic nitrogens is 2. The summed E-state index contributed by atoms with van der Waals surface area (Å²) in [5.74, 6) is 0.913. The highest BCUT2D eigenvalue weighted by Gasteiger charge is 2.51. The highest BCUT2D eigenvalue weighted by Crippen LogP contribution is 2.43. The minimum Gasteiger partial charge on any atom is -0.366 e. The number of likely N-dealkylation sites (tertiary alicyclic amines) is 1. The van der Waals surface area contributed by atoms with E-state index < -0.39 is 0 Å². The number of hydrogen-bond acceptors (Lipinski definition) is 3. The summed E-state index contributed by atoms with van der Waals surface area (Å²) in [7, 11) is 0. The number of nitrogens with zero attached hydrogens (tertiary/aromatic N) is 3. The predicted molar refractivity (Wildman–Crippen MR) is 82.6 cm³/mol. The van der Waals surface area contributed by atoms with Crippen LogP contribution in [0.1, 0.15) is 20.8 Å². The van der Waals surface area contributed by atoms with Crippen molar-refractivity contribution in [3.8, 4) is 0 Å². The number of fused-ring (bicyclic) bond motifs is 5. The summed E-state index contributed by atoms with van der Waals surface area (Å²) in [5, 5.41) is 7.27. The van der Waals surface area contributed by atoms with Gasteiger partial charge in [-0.05, 0) is 20.8 Å². The Balaban J connectivity index is 1.41. The molecule has 0 saturated carbocycles. The van der Waals surface area contributed by atoms with E-state index in [0.29, 0.717) is 11.8 Å². The van der Waals surface area contributed by atoms with Crippen LogP contribution in [-0.4, -0.2) is 46.0 Å². The lowest BCUT2D eigenvalue weighted by molar-refractivity contribution is 0.0892. The molecule has 118 valence electrons. The Morgan fingerprint density at radius 2 is 1.91 bits per heavy atom. The van der Waals surface area contributed by atoms with E-state index in [9.17, 15) is 4.79 Å². The maximum atomic E-state index is 12.5. The number of carbonyl (C=O) groups excluding carboxylic acids is 1. The van der Waals surface area contributed by atoms with Crippen LogP contribution in [0.3, 0.4) is 0 Å². The molecule has 0 radical (unpaired) electrons. The van der Waals surface area contributed by atoms with Crippen molar-refractivity contribution in [3.63, 3.8) is 0 Å². The van der Waals surface area contributed by atoms with Crippen molar-refractivity contribution in [2.45, 2.75) is 38.5 Å². The van der Waals surface area contributed by atoms with Crippen LogP contribution < -0.4 is 5.32 Å². The van der Waals surface area contributed by atoms with Gasteiger partial charge in [0, 0.05) is 31.1 Å². The van der Waals surface area contributed by atoms with E-state index in [1.54, 1.807) is 6.20 Å². The van der Waals surface area contributed by atoms with Crippen LogP contribution in [0.15, 0.2) is 24.5 Å². The fraction of sp³-hybridized carbons (Fsp3) is 0.625. The maximum absolute atomic E-state index is 12.5. The van der Waals surface area contributed by atoms with E-state index in [2.05, 4.69) is 43.3 Å². The number of ether oxygens (including phenoxy) is 1. The van der Waals surface area contributed by atoms with E-state index in [1.807, 2.05) is 15.8 Å². The molecule has 6 heteroatoms. The highest BCUT2D eigenvalue weighted by molar-refractivity contribution is 5.89. The van der Waals surface area contributed by atoms with Gasteiger partial charge >= 0.3 is 6.03 Å². The van der Waals surface area contributed by atoms with Crippen molar-refractivity contribution >= 4 is 11.7 Å². The lowest BCUT2D eigenvalue weighted by Crippen LogP contribution is -2.35. The third kappa shape index (κ3) is 2.13. The third-order valence-corrected chi connectivity index (χ3v) is 4.87. The molecule has 0 spiro atoms. The first-order chi connectivity index (χ1) is 10.4. The zero-order valence-electron chi connectivity index (χ0n) is 13.2. The molecule has 6 nitrogen and oxygen atoms in total. The lowest BCUT2D eigenvalue weighted by Gasteiger charge is -2.20. The Labute approximate surface area is 130 Å². The van der Waals surface area contributed by atoms with Crippen LogP contribution in [0.5, 0.6) is 0 Å². The first-order valence-corrected chi connectivity index (χ1v) is 7.87. The largest absolute Gasteiger partial charge is 0.366 e. The van der Waals surface area contributed by atoms with Crippen LogP contribution in [0.25, 0.3) is 0 Å². The van der Waals surface area contributed by atoms with Gasteiger partial charge in [-0.1, -0.05) is 12.2 Å². The predicted octanol–water partition coefficient (Wildman–Crippen LogP) is 2.06. The Bertz CT molecular complexity index is 610. The Hall–Kier alpha value is -1.82. The smallest absolute Gasteiger partial charge is 0.321 e. The van der Waals surface area contributed by atoms with Crippen molar-refractivity contribution in [1.82, 2.24) is 14.7 Å². The van der Waals surface area contributed by atoms with Crippen LogP contribution >= 0.6 is 0 Å². The van der Waals surface area contributed by atoms with E-state index in [0.717, 1.165) is 18.8 Å². The highest BCUT2D eigenvalue weighted by atomic mass is 16.5. The standard InChI is InChI=1S/C16H22N4O2/c1-16(2,3)20-7-10(6-17-20)18-15(21)19-8-11-12(9-19)14-5-4-13(11)22-14/h4-7,11-14H,8-9H2,1-3H3,(H,18,21)/t11-,12-,13-,14-/m1/s1. The van der Waals surface area contributed by atoms with Crippen LogP contribution in [-0.2, 0) is 10.3 Å². The summed E-state index contributed by atoms with van der Waals surface area (Å²) >= 11 is 0. The van der Waals surface area contributed by atoms with Gasteiger partial charge in [-0.3, -0.25) is 4.68 Å². The molecule has 0 aromatic carbocycles. The monoisotopic (exact) mass is 302 g/mol. The molecule has 1 aromatic rings. The van der Waals surface area contributed by atoms with Crippen LogP contribution in [0, 0.1) is 11.8 Å². The molecule has 1 N–H and O–H groups in total. The Kier molecular flexibility index (Phi) is 2.88. The van der Waals surface area contributed by atoms with Gasteiger partial charge in [0.25, 0.3) is 0 Å². The molecule has 3 aliphatic heterocycles. The van der Waals surface area contributed by atoms with Crippen LogP contribution in [0.2, 0.25) is 0 Å². The molecule has 22 heavy (non-hydrogen) atoms. The molecule has 4 heterocycles. The van der Waals surface area contributed by atoms with Gasteiger partial charge in [0.05, 0.1) is 29.6 Å². The normalized spacial score (nSPS) is 32.6. The van der Waals surface area contributed by atoms with Gasteiger partial charge in [-0.25, -0.2) is 4.79 Å². The van der Waals surface area contributed by atoms with Gasteiger partial charge in [-0.2, -0.15) is 5.10 Å². The third-order valence-electron chi connectivity index (χ3n) is 4.87. The molecule has 3 aliphatic rings. The summed E-state index contributed by atoms with van der Waals surface area (Å²) in [4.78, 5) is 14.4. The first-order valence-electron chi connectivity index (χ1n) is 7.87. The molecule has 0 aliphatic carbocycles. The molecule has 2 saturated heterocycles. The average molecular weight is 302 g/mol. The lowest BCUT2D eigenvalue weighted by atomic mass is 9.86. The number of carbonyl (C=O) groups is 1. The molecule has 2 bridgehead atoms. The first kappa shape index (κ1) is 13.8. The molecular weight excluding hydrogens is 280 g/mol. The summed E-state index contributed by atoms with van der Waals surface area (Å²) in [5.41, 5.74) is 0.657. The van der Waals surface area contributed by atoms with Gasteiger partial charge in [0.15, 0.2) is 0 Å². The van der Waals surface area contributed by atoms with Crippen molar-refractivity contribution in [3.05, 3.63) is 24.5 Å². The molecular formula is C16H22N4O2. The summed E-state index contributed by atoms with van der Waals surface area (Å²) in [6.07, 6.45) is 8.27. The zero-order valence-corrected chi connectivity index (χ0v) is 13.2. The van der Waals surface area contributed by atoms with Gasteiger partial charge in [0.2, 0.25) is 0 Å². The number of anilines is 1. The molecule has 0 unspecified atom stereocenters. The number of amides is 2. The minimum absolute atomic E-state index is 0.0396. The quantitative estimate of drug-likeness (QED) is 0.808. The Morgan fingerprint density at radius 1 is 1.27 bits per heavy atom. The molecule has 4 rings (SSSR count). The van der Waals surface area contributed by atoms with Crippen molar-refractivity contribution in [1.29, 1.82) is 0 Å². The molecule has 4 atom stereocenters. The molecule has 2 fully saturated rings. The maximum Gasteiger partial charge on any atom is 0.321 e.